The molecule has 1 aliphatic rings. The van der Waals surface area contributed by atoms with Crippen molar-refractivity contribution in [2.24, 2.45) is 10.9 Å². The van der Waals surface area contributed by atoms with Crippen LogP contribution in [0.15, 0.2) is 15.5 Å². The molecule has 0 amide bonds. The first-order chi connectivity index (χ1) is 10.9. The molecular weight excluding hydrogens is 417 g/mol. The summed E-state index contributed by atoms with van der Waals surface area (Å²) in [5, 5.41) is 17.5. The van der Waals surface area contributed by atoms with Crippen LogP contribution in [0.25, 0.3) is 0 Å². The van der Waals surface area contributed by atoms with E-state index in [-0.39, 0.29) is 24.0 Å². The van der Waals surface area contributed by atoms with Crippen LogP contribution in [-0.4, -0.2) is 30.2 Å². The number of guanidine groups is 1. The lowest BCUT2D eigenvalue weighted by Gasteiger charge is -2.21. The molecule has 5 nitrogen and oxygen atoms in total. The van der Waals surface area contributed by atoms with Gasteiger partial charge in [-0.15, -0.1) is 24.0 Å². The summed E-state index contributed by atoms with van der Waals surface area (Å²) in [7, 11) is 0. The lowest BCUT2D eigenvalue weighted by molar-refractivity contribution is 0.0657. The van der Waals surface area contributed by atoms with E-state index in [9.17, 15) is 5.11 Å². The fraction of sp³-hybridized carbons (Fsp3) is 0.722. The average Bonchev–Trinajstić information content (AvgIpc) is 3.10. The van der Waals surface area contributed by atoms with Crippen molar-refractivity contribution in [3.8, 4) is 0 Å². The first-order valence-corrected chi connectivity index (χ1v) is 8.72. The lowest BCUT2D eigenvalue weighted by Crippen LogP contribution is -2.40. The van der Waals surface area contributed by atoms with E-state index in [0.29, 0.717) is 12.6 Å². The van der Waals surface area contributed by atoms with Crippen LogP contribution in [0.5, 0.6) is 0 Å². The minimum absolute atomic E-state index is 0. The van der Waals surface area contributed by atoms with E-state index in [0.717, 1.165) is 35.5 Å². The summed E-state index contributed by atoms with van der Waals surface area (Å²) in [6.07, 6.45) is 3.71. The molecule has 0 spiro atoms. The molecule has 1 saturated carbocycles. The second kappa shape index (κ2) is 9.08. The van der Waals surface area contributed by atoms with E-state index in [1.54, 1.807) is 6.92 Å². The van der Waals surface area contributed by atoms with Gasteiger partial charge in [0.15, 0.2) is 5.96 Å². The van der Waals surface area contributed by atoms with Crippen molar-refractivity contribution in [1.29, 1.82) is 0 Å². The van der Waals surface area contributed by atoms with Crippen molar-refractivity contribution >= 4 is 29.9 Å². The lowest BCUT2D eigenvalue weighted by atomic mass is 9.96. The summed E-state index contributed by atoms with van der Waals surface area (Å²) in [5.41, 5.74) is -0.221. The molecule has 1 aromatic heterocycles. The Balaban J connectivity index is 0.00000288. The molecular formula is C18H32IN3O2. The van der Waals surface area contributed by atoms with E-state index in [4.69, 9.17) is 4.42 Å². The van der Waals surface area contributed by atoms with Gasteiger partial charge in [-0.2, -0.15) is 0 Å². The molecule has 0 aliphatic heterocycles. The molecule has 0 bridgehead atoms. The number of aliphatic hydroxyl groups is 1. The fourth-order valence-electron chi connectivity index (χ4n) is 3.09. The van der Waals surface area contributed by atoms with Gasteiger partial charge in [0.25, 0.3) is 0 Å². The molecule has 0 saturated heterocycles. The minimum Gasteiger partial charge on any atom is -0.466 e. The van der Waals surface area contributed by atoms with Crippen LogP contribution in [0.3, 0.4) is 0 Å². The second-order valence-corrected chi connectivity index (χ2v) is 6.83. The maximum atomic E-state index is 10.8. The van der Waals surface area contributed by atoms with Gasteiger partial charge in [0.1, 0.15) is 17.1 Å². The number of nitrogens with zero attached hydrogens (tertiary/aromatic N) is 1. The van der Waals surface area contributed by atoms with Crippen LogP contribution in [0, 0.1) is 19.8 Å². The molecule has 2 rings (SSSR count). The Kier molecular flexibility index (Phi) is 8.05. The SMILES string of the molecule is CCCC1CC1NC(=NCC(C)(O)c1cc(C)oc1C)NCC.I. The van der Waals surface area contributed by atoms with Gasteiger partial charge in [-0.05, 0) is 52.5 Å². The maximum Gasteiger partial charge on any atom is 0.191 e. The van der Waals surface area contributed by atoms with E-state index < -0.39 is 5.60 Å². The summed E-state index contributed by atoms with van der Waals surface area (Å²) >= 11 is 0. The predicted octanol–water partition coefficient (Wildman–Crippen LogP) is 3.47. The molecule has 3 atom stereocenters. The van der Waals surface area contributed by atoms with Crippen molar-refractivity contribution in [1.82, 2.24) is 10.6 Å². The van der Waals surface area contributed by atoms with Crippen molar-refractivity contribution < 1.29 is 9.52 Å². The van der Waals surface area contributed by atoms with Crippen molar-refractivity contribution in [3.05, 3.63) is 23.2 Å². The van der Waals surface area contributed by atoms with Gasteiger partial charge in [0, 0.05) is 18.2 Å². The molecule has 1 heterocycles. The summed E-state index contributed by atoms with van der Waals surface area (Å²) in [5.74, 6) is 3.12. The molecule has 138 valence electrons. The summed E-state index contributed by atoms with van der Waals surface area (Å²) in [6, 6.07) is 2.42. The van der Waals surface area contributed by atoms with Crippen LogP contribution < -0.4 is 10.6 Å². The number of aryl methyl sites for hydroxylation is 2. The highest BCUT2D eigenvalue weighted by Gasteiger charge is 2.36. The minimum atomic E-state index is -1.03. The third-order valence-electron chi connectivity index (χ3n) is 4.41. The van der Waals surface area contributed by atoms with E-state index in [1.807, 2.05) is 19.9 Å². The highest BCUT2D eigenvalue weighted by atomic mass is 127. The zero-order valence-corrected chi connectivity index (χ0v) is 17.8. The molecule has 3 unspecified atom stereocenters. The van der Waals surface area contributed by atoms with Gasteiger partial charge in [0.05, 0.1) is 6.54 Å². The molecule has 24 heavy (non-hydrogen) atoms. The molecule has 6 heteroatoms. The zero-order valence-electron chi connectivity index (χ0n) is 15.5. The Labute approximate surface area is 162 Å². The van der Waals surface area contributed by atoms with Crippen molar-refractivity contribution in [2.75, 3.05) is 13.1 Å². The smallest absolute Gasteiger partial charge is 0.191 e. The van der Waals surface area contributed by atoms with Crippen LogP contribution in [-0.2, 0) is 5.60 Å². The summed E-state index contributed by atoms with van der Waals surface area (Å²) in [4.78, 5) is 4.59. The van der Waals surface area contributed by atoms with E-state index in [1.165, 1.54) is 19.3 Å². The third kappa shape index (κ3) is 5.65. The van der Waals surface area contributed by atoms with Gasteiger partial charge < -0.3 is 20.2 Å². The Hall–Kier alpha value is -0.760. The molecule has 1 fully saturated rings. The predicted molar refractivity (Wildman–Crippen MR) is 109 cm³/mol. The van der Waals surface area contributed by atoms with Gasteiger partial charge in [0.2, 0.25) is 0 Å². The molecule has 1 aliphatic carbocycles. The third-order valence-corrected chi connectivity index (χ3v) is 4.41. The van der Waals surface area contributed by atoms with Crippen LogP contribution in [0.2, 0.25) is 0 Å². The van der Waals surface area contributed by atoms with Crippen LogP contribution >= 0.6 is 24.0 Å². The second-order valence-electron chi connectivity index (χ2n) is 6.83. The highest BCUT2D eigenvalue weighted by Crippen LogP contribution is 2.34. The quantitative estimate of drug-likeness (QED) is 0.339. The number of hydrogen-bond acceptors (Lipinski definition) is 3. The van der Waals surface area contributed by atoms with Gasteiger partial charge in [-0.3, -0.25) is 0 Å². The maximum absolute atomic E-state index is 10.8. The van der Waals surface area contributed by atoms with Gasteiger partial charge in [-0.1, -0.05) is 13.3 Å². The fourth-order valence-corrected chi connectivity index (χ4v) is 3.09. The monoisotopic (exact) mass is 449 g/mol. The molecule has 1 aromatic rings. The normalized spacial score (nSPS) is 22.5. The number of halogens is 1. The standard InChI is InChI=1S/C18H31N3O2.HI/c1-6-8-14-10-16(14)21-17(19-7-2)20-11-18(5,22)15-9-12(3)23-13(15)4;/h9,14,16,22H,6-8,10-11H2,1-5H3,(H2,19,20,21);1H. The Morgan fingerprint density at radius 1 is 1.42 bits per heavy atom. The number of hydrogen-bond donors (Lipinski definition) is 3. The Bertz CT molecular complexity index is 554. The molecule has 0 radical (unpaired) electrons. The highest BCUT2D eigenvalue weighted by molar-refractivity contribution is 14.0. The van der Waals surface area contributed by atoms with Crippen LogP contribution in [0.4, 0.5) is 0 Å². The Morgan fingerprint density at radius 2 is 2.12 bits per heavy atom. The first kappa shape index (κ1) is 21.3. The zero-order chi connectivity index (χ0) is 17.0. The summed E-state index contributed by atoms with van der Waals surface area (Å²) < 4.78 is 5.53. The largest absolute Gasteiger partial charge is 0.466 e. The average molecular weight is 449 g/mol. The Morgan fingerprint density at radius 3 is 2.67 bits per heavy atom. The first-order valence-electron chi connectivity index (χ1n) is 8.72. The molecule has 0 aromatic carbocycles. The number of nitrogens with one attached hydrogen (secondary N) is 2. The topological polar surface area (TPSA) is 69.8 Å². The molecule has 3 N–H and O–H groups in total. The number of aliphatic imine (C=N–C) groups is 1. The van der Waals surface area contributed by atoms with Crippen molar-refractivity contribution in [3.63, 3.8) is 0 Å². The van der Waals surface area contributed by atoms with E-state index >= 15 is 0 Å². The number of rotatable bonds is 7. The van der Waals surface area contributed by atoms with Gasteiger partial charge >= 0.3 is 0 Å². The number of furan rings is 1. The van der Waals surface area contributed by atoms with Crippen molar-refractivity contribution in [2.45, 2.75) is 65.5 Å². The van der Waals surface area contributed by atoms with E-state index in [2.05, 4.69) is 29.5 Å². The summed E-state index contributed by atoms with van der Waals surface area (Å²) in [6.45, 7) is 10.9. The van der Waals surface area contributed by atoms with Crippen LogP contribution in [0.1, 0.15) is 57.1 Å². The van der Waals surface area contributed by atoms with Gasteiger partial charge in [-0.25, -0.2) is 4.99 Å².